The normalized spacial score (nSPS) is 12.5. The molecule has 0 spiro atoms. The van der Waals surface area contributed by atoms with Gasteiger partial charge < -0.3 is 0 Å². The maximum atomic E-state index is 13.2. The highest BCUT2D eigenvalue weighted by Gasteiger charge is 2.16. The first kappa shape index (κ1) is 14.1. The van der Waals surface area contributed by atoms with Gasteiger partial charge in [0.05, 0.1) is 15.4 Å². The lowest BCUT2D eigenvalue weighted by Crippen LogP contribution is -1.95. The molecule has 0 aliphatic heterocycles. The highest BCUT2D eigenvalue weighted by atomic mass is 79.9. The van der Waals surface area contributed by atoms with E-state index in [1.165, 1.54) is 12.1 Å². The Kier molecular flexibility index (Phi) is 4.54. The molecular weight excluding hydrogens is 361 g/mol. The second kappa shape index (κ2) is 5.79. The maximum Gasteiger partial charge on any atom is 0.123 e. The van der Waals surface area contributed by atoms with Crippen LogP contribution in [0.3, 0.4) is 0 Å². The predicted molar refractivity (Wildman–Crippen MR) is 78.3 cm³/mol. The van der Waals surface area contributed by atoms with Crippen molar-refractivity contribution in [1.29, 1.82) is 0 Å². The molecule has 0 radical (unpaired) electrons. The summed E-state index contributed by atoms with van der Waals surface area (Å²) >= 11 is 21.5. The molecule has 2 aromatic carbocycles. The zero-order valence-corrected chi connectivity index (χ0v) is 12.8. The standard InChI is InChI=1S/C13H7BrCl3F/c14-10-3-2-8(18)6-9(10)13(17)7-1-4-11(15)12(16)5-7/h1-6,13H. The van der Waals surface area contributed by atoms with Crippen LogP contribution in [0.2, 0.25) is 10.0 Å². The van der Waals surface area contributed by atoms with Gasteiger partial charge in [0.15, 0.2) is 0 Å². The van der Waals surface area contributed by atoms with E-state index in [0.717, 1.165) is 10.0 Å². The molecule has 0 bridgehead atoms. The Morgan fingerprint density at radius 1 is 1.00 bits per heavy atom. The van der Waals surface area contributed by atoms with Gasteiger partial charge in [0, 0.05) is 4.47 Å². The zero-order chi connectivity index (χ0) is 13.3. The second-order valence-electron chi connectivity index (χ2n) is 3.70. The molecular formula is C13H7BrCl3F. The van der Waals surface area contributed by atoms with Gasteiger partial charge in [-0.05, 0) is 41.5 Å². The van der Waals surface area contributed by atoms with Crippen molar-refractivity contribution in [3.8, 4) is 0 Å². The SMILES string of the molecule is Fc1ccc(Br)c(C(Cl)c2ccc(Cl)c(Cl)c2)c1. The molecule has 0 aliphatic carbocycles. The molecule has 5 heteroatoms. The summed E-state index contributed by atoms with van der Waals surface area (Å²) in [5.41, 5.74) is 1.41. The van der Waals surface area contributed by atoms with Gasteiger partial charge in [0.2, 0.25) is 0 Å². The zero-order valence-electron chi connectivity index (χ0n) is 8.93. The molecule has 94 valence electrons. The van der Waals surface area contributed by atoms with E-state index >= 15 is 0 Å². The fraction of sp³-hybridized carbons (Fsp3) is 0.0769. The van der Waals surface area contributed by atoms with Crippen molar-refractivity contribution in [2.75, 3.05) is 0 Å². The topological polar surface area (TPSA) is 0 Å². The molecule has 0 saturated heterocycles. The number of alkyl halides is 1. The molecule has 0 fully saturated rings. The quantitative estimate of drug-likeness (QED) is 0.552. The Labute approximate surface area is 128 Å². The summed E-state index contributed by atoms with van der Waals surface area (Å²) in [5.74, 6) is -0.334. The monoisotopic (exact) mass is 366 g/mol. The van der Waals surface area contributed by atoms with Crippen LogP contribution in [-0.2, 0) is 0 Å². The van der Waals surface area contributed by atoms with Crippen LogP contribution in [0, 0.1) is 5.82 Å². The van der Waals surface area contributed by atoms with Gasteiger partial charge >= 0.3 is 0 Å². The van der Waals surface area contributed by atoms with Gasteiger partial charge in [0.1, 0.15) is 5.82 Å². The number of rotatable bonds is 2. The Hall–Kier alpha value is -0.280. The molecule has 0 aliphatic rings. The highest BCUT2D eigenvalue weighted by Crippen LogP contribution is 2.36. The molecule has 0 saturated carbocycles. The van der Waals surface area contributed by atoms with Crippen LogP contribution in [0.5, 0.6) is 0 Å². The molecule has 1 unspecified atom stereocenters. The largest absolute Gasteiger partial charge is 0.207 e. The average molecular weight is 368 g/mol. The van der Waals surface area contributed by atoms with Crippen molar-refractivity contribution in [3.63, 3.8) is 0 Å². The fourth-order valence-electron chi connectivity index (χ4n) is 1.56. The summed E-state index contributed by atoms with van der Waals surface area (Å²) < 4.78 is 14.0. The van der Waals surface area contributed by atoms with Crippen molar-refractivity contribution in [2.45, 2.75) is 5.38 Å². The van der Waals surface area contributed by atoms with Gasteiger partial charge in [-0.25, -0.2) is 4.39 Å². The predicted octanol–water partition coefficient (Wildman–Crippen LogP) is 6.22. The molecule has 0 N–H and O–H groups in total. The van der Waals surface area contributed by atoms with Gasteiger partial charge in [-0.15, -0.1) is 11.6 Å². The number of hydrogen-bond acceptors (Lipinski definition) is 0. The molecule has 18 heavy (non-hydrogen) atoms. The first-order valence-corrected chi connectivity index (χ1v) is 7.01. The summed E-state index contributed by atoms with van der Waals surface area (Å²) in [5, 5.41) is 0.389. The van der Waals surface area contributed by atoms with Crippen LogP contribution in [-0.4, -0.2) is 0 Å². The van der Waals surface area contributed by atoms with Crippen LogP contribution in [0.4, 0.5) is 4.39 Å². The second-order valence-corrected chi connectivity index (χ2v) is 5.81. The van der Waals surface area contributed by atoms with Crippen molar-refractivity contribution >= 4 is 50.7 Å². The first-order chi connectivity index (χ1) is 8.49. The van der Waals surface area contributed by atoms with Crippen LogP contribution >= 0.6 is 50.7 Å². The summed E-state index contributed by atoms with van der Waals surface area (Å²) in [6.45, 7) is 0. The van der Waals surface area contributed by atoms with E-state index in [1.54, 1.807) is 24.3 Å². The minimum Gasteiger partial charge on any atom is -0.207 e. The molecule has 0 nitrogen and oxygen atoms in total. The van der Waals surface area contributed by atoms with Crippen molar-refractivity contribution in [1.82, 2.24) is 0 Å². The third-order valence-corrected chi connectivity index (χ3v) is 4.42. The number of hydrogen-bond donors (Lipinski definition) is 0. The van der Waals surface area contributed by atoms with Gasteiger partial charge in [0.25, 0.3) is 0 Å². The van der Waals surface area contributed by atoms with E-state index in [0.29, 0.717) is 15.6 Å². The molecule has 2 aromatic rings. The molecule has 0 amide bonds. The van der Waals surface area contributed by atoms with Crippen LogP contribution in [0.1, 0.15) is 16.5 Å². The molecule has 2 rings (SSSR count). The van der Waals surface area contributed by atoms with E-state index in [1.807, 2.05) is 0 Å². The Bertz CT molecular complexity index is 586. The number of halogens is 5. The highest BCUT2D eigenvalue weighted by molar-refractivity contribution is 9.10. The fourth-order valence-corrected chi connectivity index (χ4v) is 2.79. The van der Waals surface area contributed by atoms with Crippen LogP contribution in [0.15, 0.2) is 40.9 Å². The summed E-state index contributed by atoms with van der Waals surface area (Å²) in [6.07, 6.45) is 0. The minimum absolute atomic E-state index is 0.334. The van der Waals surface area contributed by atoms with Crippen molar-refractivity contribution in [2.24, 2.45) is 0 Å². The van der Waals surface area contributed by atoms with Crippen molar-refractivity contribution in [3.05, 3.63) is 67.9 Å². The van der Waals surface area contributed by atoms with Crippen LogP contribution < -0.4 is 0 Å². The van der Waals surface area contributed by atoms with E-state index in [2.05, 4.69) is 15.9 Å². The van der Waals surface area contributed by atoms with Crippen LogP contribution in [0.25, 0.3) is 0 Å². The van der Waals surface area contributed by atoms with E-state index in [-0.39, 0.29) is 5.82 Å². The lowest BCUT2D eigenvalue weighted by atomic mass is 10.0. The third kappa shape index (κ3) is 3.00. The smallest absolute Gasteiger partial charge is 0.123 e. The lowest BCUT2D eigenvalue weighted by molar-refractivity contribution is 0.625. The van der Waals surface area contributed by atoms with E-state index < -0.39 is 5.38 Å². The van der Waals surface area contributed by atoms with Gasteiger partial charge in [-0.1, -0.05) is 45.2 Å². The molecule has 0 heterocycles. The molecule has 0 aromatic heterocycles. The maximum absolute atomic E-state index is 13.2. The average Bonchev–Trinajstić information content (AvgIpc) is 2.35. The van der Waals surface area contributed by atoms with Gasteiger partial charge in [-0.2, -0.15) is 0 Å². The molecule has 1 atom stereocenters. The number of benzene rings is 2. The van der Waals surface area contributed by atoms with E-state index in [4.69, 9.17) is 34.8 Å². The minimum atomic E-state index is -0.496. The van der Waals surface area contributed by atoms with Crippen molar-refractivity contribution < 1.29 is 4.39 Å². The first-order valence-electron chi connectivity index (χ1n) is 5.03. The van der Waals surface area contributed by atoms with E-state index in [9.17, 15) is 4.39 Å². The lowest BCUT2D eigenvalue weighted by Gasteiger charge is -2.13. The Morgan fingerprint density at radius 3 is 2.39 bits per heavy atom. The third-order valence-electron chi connectivity index (χ3n) is 2.47. The Balaban J connectivity index is 2.44. The summed E-state index contributed by atoms with van der Waals surface area (Å²) in [4.78, 5) is 0. The Morgan fingerprint density at radius 2 is 1.72 bits per heavy atom. The summed E-state index contributed by atoms with van der Waals surface area (Å²) in [7, 11) is 0. The summed E-state index contributed by atoms with van der Waals surface area (Å²) in [6, 6.07) is 9.50. The van der Waals surface area contributed by atoms with Gasteiger partial charge in [-0.3, -0.25) is 0 Å².